The van der Waals surface area contributed by atoms with Crippen LogP contribution in [0.2, 0.25) is 5.02 Å². The Hall–Kier alpha value is -2.78. The lowest BCUT2D eigenvalue weighted by atomic mass is 9.95. The molecule has 0 spiro atoms. The summed E-state index contributed by atoms with van der Waals surface area (Å²) in [5.41, 5.74) is 4.82. The van der Waals surface area contributed by atoms with E-state index in [2.05, 4.69) is 29.0 Å². The third-order valence-corrected chi connectivity index (χ3v) is 8.10. The molecule has 4 aromatic rings. The van der Waals surface area contributed by atoms with Crippen molar-refractivity contribution in [2.24, 2.45) is 7.05 Å². The first-order valence-corrected chi connectivity index (χ1v) is 12.9. The molecule has 35 heavy (non-hydrogen) atoms. The summed E-state index contributed by atoms with van der Waals surface area (Å²) in [5, 5.41) is 4.17. The minimum absolute atomic E-state index is 0.215. The van der Waals surface area contributed by atoms with Crippen LogP contribution >= 0.6 is 22.9 Å². The molecule has 3 aromatic heterocycles. The molecule has 1 atom stereocenters. The minimum atomic E-state index is -0.332. The summed E-state index contributed by atoms with van der Waals surface area (Å²) >= 11 is 8.11. The fourth-order valence-electron chi connectivity index (χ4n) is 4.74. The van der Waals surface area contributed by atoms with Crippen molar-refractivity contribution >= 4 is 33.2 Å². The molecule has 0 saturated carbocycles. The van der Waals surface area contributed by atoms with E-state index < -0.39 is 0 Å². The van der Waals surface area contributed by atoms with Gasteiger partial charge in [0.2, 0.25) is 0 Å². The number of aryl methyl sites for hydroxylation is 2. The number of thiophene rings is 1. The van der Waals surface area contributed by atoms with E-state index in [0.717, 1.165) is 52.4 Å². The highest BCUT2D eigenvalue weighted by Crippen LogP contribution is 2.38. The summed E-state index contributed by atoms with van der Waals surface area (Å²) in [7, 11) is 1.64. The van der Waals surface area contributed by atoms with E-state index in [1.807, 2.05) is 30.5 Å². The van der Waals surface area contributed by atoms with Gasteiger partial charge in [-0.2, -0.15) is 0 Å². The highest BCUT2D eigenvalue weighted by Gasteiger charge is 2.22. The molecule has 7 nitrogen and oxygen atoms in total. The molecule has 1 aromatic carbocycles. The summed E-state index contributed by atoms with van der Waals surface area (Å²) in [5.74, 6) is 0. The standard InChI is InChI=1S/C26H28ClN5O2S/c1-16-10-18(27)11-21(22(16)15-31-9-7-28-13-17(31)2)20-4-6-29-23-12-19(35-25(20)23)14-32-24(33)5-8-30(3)26(32)34/h4-6,8,10-12,17,28H,7,9,13-15H2,1-3H3. The number of aromatic nitrogens is 3. The molecule has 1 saturated heterocycles. The number of piperazine rings is 1. The smallest absolute Gasteiger partial charge is 0.314 e. The number of benzene rings is 1. The molecule has 182 valence electrons. The Kier molecular flexibility index (Phi) is 6.63. The number of hydrogen-bond acceptors (Lipinski definition) is 6. The Balaban J connectivity index is 1.59. The second-order valence-electron chi connectivity index (χ2n) is 9.19. The maximum absolute atomic E-state index is 12.5. The molecule has 0 radical (unpaired) electrons. The highest BCUT2D eigenvalue weighted by molar-refractivity contribution is 7.19. The van der Waals surface area contributed by atoms with Crippen LogP contribution in [0.15, 0.2) is 52.3 Å². The fraction of sp³-hybridized carbons (Fsp3) is 0.346. The van der Waals surface area contributed by atoms with E-state index in [-0.39, 0.29) is 17.8 Å². The quantitative estimate of drug-likeness (QED) is 0.445. The van der Waals surface area contributed by atoms with Gasteiger partial charge in [0, 0.05) is 73.2 Å². The van der Waals surface area contributed by atoms with Crippen LogP contribution in [0.1, 0.15) is 22.9 Å². The zero-order valence-corrected chi connectivity index (χ0v) is 21.6. The predicted octanol–water partition coefficient (Wildman–Crippen LogP) is 3.63. The average Bonchev–Trinajstić information content (AvgIpc) is 3.25. The maximum Gasteiger partial charge on any atom is 0.331 e. The van der Waals surface area contributed by atoms with Crippen LogP contribution in [-0.2, 0) is 20.1 Å². The zero-order valence-electron chi connectivity index (χ0n) is 20.0. The normalized spacial score (nSPS) is 16.7. The number of rotatable bonds is 5. The number of hydrogen-bond donors (Lipinski definition) is 1. The van der Waals surface area contributed by atoms with Gasteiger partial charge in [-0.1, -0.05) is 11.6 Å². The zero-order chi connectivity index (χ0) is 24.7. The van der Waals surface area contributed by atoms with Gasteiger partial charge in [-0.15, -0.1) is 11.3 Å². The second-order valence-corrected chi connectivity index (χ2v) is 10.8. The molecule has 0 aliphatic carbocycles. The largest absolute Gasteiger partial charge is 0.331 e. The van der Waals surface area contributed by atoms with Gasteiger partial charge in [0.1, 0.15) is 0 Å². The SMILES string of the molecule is Cc1cc(Cl)cc(-c2ccnc3cc(Cn4c(=O)ccn(C)c4=O)sc23)c1CN1CCNCC1C. The number of halogens is 1. The second kappa shape index (κ2) is 9.70. The first-order chi connectivity index (χ1) is 16.8. The Bertz CT molecular complexity index is 1520. The summed E-state index contributed by atoms with van der Waals surface area (Å²) in [4.78, 5) is 32.9. The van der Waals surface area contributed by atoms with Crippen LogP contribution in [0.25, 0.3) is 21.3 Å². The Morgan fingerprint density at radius 3 is 2.80 bits per heavy atom. The van der Waals surface area contributed by atoms with E-state index in [1.165, 1.54) is 32.5 Å². The number of fused-ring (bicyclic) bond motifs is 1. The number of pyridine rings is 1. The van der Waals surface area contributed by atoms with Crippen LogP contribution in [0.3, 0.4) is 0 Å². The van der Waals surface area contributed by atoms with Crippen LogP contribution < -0.4 is 16.6 Å². The summed E-state index contributed by atoms with van der Waals surface area (Å²) < 4.78 is 3.70. The van der Waals surface area contributed by atoms with Gasteiger partial charge in [-0.05, 0) is 54.8 Å². The van der Waals surface area contributed by atoms with Crippen molar-refractivity contribution in [2.75, 3.05) is 19.6 Å². The maximum atomic E-state index is 12.5. The van der Waals surface area contributed by atoms with Gasteiger partial charge in [-0.25, -0.2) is 4.79 Å². The summed E-state index contributed by atoms with van der Waals surface area (Å²) in [6.45, 7) is 8.40. The Morgan fingerprint density at radius 1 is 1.17 bits per heavy atom. The molecule has 5 rings (SSSR count). The van der Waals surface area contributed by atoms with Gasteiger partial charge in [0.15, 0.2) is 0 Å². The first kappa shape index (κ1) is 23.9. The molecule has 0 amide bonds. The van der Waals surface area contributed by atoms with E-state index in [9.17, 15) is 9.59 Å². The Morgan fingerprint density at radius 2 is 2.00 bits per heavy atom. The van der Waals surface area contributed by atoms with Gasteiger partial charge in [0.05, 0.1) is 16.8 Å². The lowest BCUT2D eigenvalue weighted by Gasteiger charge is -2.35. The van der Waals surface area contributed by atoms with E-state index in [0.29, 0.717) is 11.1 Å². The van der Waals surface area contributed by atoms with Crippen molar-refractivity contribution in [1.29, 1.82) is 0 Å². The van der Waals surface area contributed by atoms with Gasteiger partial charge in [-0.3, -0.25) is 19.2 Å². The van der Waals surface area contributed by atoms with Gasteiger partial charge in [0.25, 0.3) is 5.56 Å². The predicted molar refractivity (Wildman–Crippen MR) is 143 cm³/mol. The molecule has 4 heterocycles. The molecule has 1 aliphatic rings. The van der Waals surface area contributed by atoms with Crippen molar-refractivity contribution in [3.63, 3.8) is 0 Å². The van der Waals surface area contributed by atoms with Gasteiger partial charge < -0.3 is 9.88 Å². The van der Waals surface area contributed by atoms with Crippen LogP contribution in [-0.4, -0.2) is 44.7 Å². The fourth-order valence-corrected chi connectivity index (χ4v) is 6.14. The van der Waals surface area contributed by atoms with Crippen LogP contribution in [0.5, 0.6) is 0 Å². The molecule has 1 unspecified atom stereocenters. The molecule has 1 N–H and O–H groups in total. The van der Waals surface area contributed by atoms with Gasteiger partial charge >= 0.3 is 5.69 Å². The minimum Gasteiger partial charge on any atom is -0.314 e. The topological polar surface area (TPSA) is 72.2 Å². The van der Waals surface area contributed by atoms with Crippen LogP contribution in [0.4, 0.5) is 0 Å². The van der Waals surface area contributed by atoms with Crippen molar-refractivity contribution in [3.05, 3.63) is 84.6 Å². The molecular formula is C26H28ClN5O2S. The first-order valence-electron chi connectivity index (χ1n) is 11.7. The molecular weight excluding hydrogens is 482 g/mol. The summed E-state index contributed by atoms with van der Waals surface area (Å²) in [6.07, 6.45) is 3.31. The van der Waals surface area contributed by atoms with Crippen molar-refractivity contribution in [2.45, 2.75) is 33.0 Å². The average molecular weight is 510 g/mol. The molecule has 9 heteroatoms. The lowest BCUT2D eigenvalue weighted by Crippen LogP contribution is -2.49. The van der Waals surface area contributed by atoms with E-state index in [1.54, 1.807) is 18.4 Å². The van der Waals surface area contributed by atoms with Crippen molar-refractivity contribution in [3.8, 4) is 11.1 Å². The molecule has 0 bridgehead atoms. The van der Waals surface area contributed by atoms with E-state index in [4.69, 9.17) is 11.6 Å². The lowest BCUT2D eigenvalue weighted by molar-refractivity contribution is 0.165. The summed E-state index contributed by atoms with van der Waals surface area (Å²) in [6, 6.07) is 9.94. The number of nitrogens with zero attached hydrogens (tertiary/aromatic N) is 4. The van der Waals surface area contributed by atoms with E-state index >= 15 is 0 Å². The number of nitrogens with one attached hydrogen (secondary N) is 1. The third kappa shape index (κ3) is 4.71. The molecule has 1 aliphatic heterocycles. The monoisotopic (exact) mass is 509 g/mol. The van der Waals surface area contributed by atoms with Crippen molar-refractivity contribution < 1.29 is 0 Å². The Labute approximate surface area is 212 Å². The van der Waals surface area contributed by atoms with Crippen LogP contribution in [0, 0.1) is 6.92 Å². The highest BCUT2D eigenvalue weighted by atomic mass is 35.5. The molecule has 1 fully saturated rings. The van der Waals surface area contributed by atoms with Crippen molar-refractivity contribution in [1.82, 2.24) is 24.3 Å². The third-order valence-electron chi connectivity index (χ3n) is 6.74.